The fourth-order valence-corrected chi connectivity index (χ4v) is 3.85. The summed E-state index contributed by atoms with van der Waals surface area (Å²) < 4.78 is 37.2. The minimum atomic E-state index is -0.860. The van der Waals surface area contributed by atoms with E-state index < -0.39 is 11.6 Å². The van der Waals surface area contributed by atoms with Gasteiger partial charge in [0.2, 0.25) is 17.1 Å². The first-order valence-electron chi connectivity index (χ1n) is 9.16. The molecule has 1 aliphatic heterocycles. The zero-order valence-electron chi connectivity index (χ0n) is 15.6. The summed E-state index contributed by atoms with van der Waals surface area (Å²) in [5.74, 6) is -0.215. The molecule has 1 aliphatic rings. The highest BCUT2D eigenvalue weighted by Crippen LogP contribution is 2.24. The maximum absolute atomic E-state index is 14.6. The van der Waals surface area contributed by atoms with Gasteiger partial charge in [0.1, 0.15) is 5.75 Å². The van der Waals surface area contributed by atoms with Crippen molar-refractivity contribution in [2.75, 3.05) is 7.11 Å². The van der Waals surface area contributed by atoms with E-state index in [1.54, 1.807) is 37.4 Å². The molecule has 0 unspecified atom stereocenters. The Morgan fingerprint density at radius 1 is 1.11 bits per heavy atom. The maximum Gasteiger partial charge on any atom is 0.257 e. The first-order valence-corrected chi connectivity index (χ1v) is 9.16. The highest BCUT2D eigenvalue weighted by molar-refractivity contribution is 5.96. The fourth-order valence-electron chi connectivity index (χ4n) is 3.85. The van der Waals surface area contributed by atoms with Crippen LogP contribution < -0.4 is 26.3 Å². The number of imidazole rings is 1. The Balaban J connectivity index is 0.00000225. The summed E-state index contributed by atoms with van der Waals surface area (Å²) in [7, 11) is 1.57. The number of hydrogen-bond acceptors (Lipinski definition) is 2. The number of ketones is 1. The highest BCUT2D eigenvalue weighted by atomic mass is 79.9. The lowest BCUT2D eigenvalue weighted by Crippen LogP contribution is -3.00. The van der Waals surface area contributed by atoms with Crippen LogP contribution in [0.2, 0.25) is 0 Å². The number of carbonyl (C=O) groups excluding carboxylic acids is 1. The van der Waals surface area contributed by atoms with Crippen LogP contribution in [0.5, 0.6) is 5.75 Å². The fraction of sp³-hybridized carbons (Fsp3) is 0.333. The Bertz CT molecular complexity index is 1020. The van der Waals surface area contributed by atoms with Gasteiger partial charge in [-0.05, 0) is 55.7 Å². The molecule has 0 saturated heterocycles. The number of carbonyl (C=O) groups is 1. The molecule has 0 bridgehead atoms. The molecule has 2 heterocycles. The van der Waals surface area contributed by atoms with Gasteiger partial charge >= 0.3 is 0 Å². The van der Waals surface area contributed by atoms with Gasteiger partial charge in [-0.3, -0.25) is 4.79 Å². The van der Waals surface area contributed by atoms with Gasteiger partial charge < -0.3 is 21.7 Å². The predicted octanol–water partition coefficient (Wildman–Crippen LogP) is 0.829. The number of aryl methyl sites for hydroxylation is 1. The Morgan fingerprint density at radius 3 is 2.57 bits per heavy atom. The number of ether oxygens (including phenoxy) is 1. The second-order valence-electron chi connectivity index (χ2n) is 6.85. The summed E-state index contributed by atoms with van der Waals surface area (Å²) in [4.78, 5) is 12.8. The van der Waals surface area contributed by atoms with Crippen LogP contribution in [0, 0.1) is 11.6 Å². The van der Waals surface area contributed by atoms with Gasteiger partial charge in [-0.1, -0.05) is 0 Å². The summed E-state index contributed by atoms with van der Waals surface area (Å²) in [5.41, 5.74) is 1.38. The van der Waals surface area contributed by atoms with E-state index in [0.717, 1.165) is 37.6 Å². The van der Waals surface area contributed by atoms with E-state index in [9.17, 15) is 13.6 Å². The van der Waals surface area contributed by atoms with E-state index >= 15 is 0 Å². The SMILES string of the molecule is COc1ccc(C(=O)Cn2c3[n+](c4c(F)c(F)ccc42)CCCCC3)cc1.[Br-]. The normalized spacial score (nSPS) is 13.5. The lowest BCUT2D eigenvalue weighted by Gasteiger charge is -2.04. The molecule has 0 atom stereocenters. The third kappa shape index (κ3) is 3.55. The second-order valence-corrected chi connectivity index (χ2v) is 6.85. The first kappa shape index (κ1) is 20.5. The van der Waals surface area contributed by atoms with Crippen LogP contribution in [0.4, 0.5) is 8.78 Å². The molecule has 4 nitrogen and oxygen atoms in total. The maximum atomic E-state index is 14.6. The molecule has 4 rings (SSSR count). The number of methoxy groups -OCH3 is 1. The Labute approximate surface area is 172 Å². The number of aromatic nitrogens is 2. The average molecular weight is 451 g/mol. The van der Waals surface area contributed by atoms with E-state index in [0.29, 0.717) is 23.4 Å². The van der Waals surface area contributed by atoms with E-state index in [2.05, 4.69) is 0 Å². The van der Waals surface area contributed by atoms with Gasteiger partial charge in [-0.2, -0.15) is 4.39 Å². The molecular weight excluding hydrogens is 430 g/mol. The second kappa shape index (κ2) is 8.39. The highest BCUT2D eigenvalue weighted by Gasteiger charge is 2.31. The van der Waals surface area contributed by atoms with Gasteiger partial charge in [0.15, 0.2) is 17.9 Å². The number of fused-ring (bicyclic) bond motifs is 3. The van der Waals surface area contributed by atoms with Gasteiger partial charge in [0.05, 0.1) is 13.7 Å². The van der Waals surface area contributed by atoms with Gasteiger partial charge in [-0.15, -0.1) is 0 Å². The van der Waals surface area contributed by atoms with Crippen LogP contribution in [0.1, 0.15) is 35.4 Å². The molecule has 0 fully saturated rings. The Kier molecular flexibility index (Phi) is 6.13. The molecule has 0 aliphatic carbocycles. The zero-order valence-corrected chi connectivity index (χ0v) is 17.1. The first-order chi connectivity index (χ1) is 13.1. The van der Waals surface area contributed by atoms with E-state index in [1.807, 2.05) is 9.13 Å². The Morgan fingerprint density at radius 2 is 1.86 bits per heavy atom. The van der Waals surface area contributed by atoms with Gasteiger partial charge in [-0.25, -0.2) is 13.5 Å². The van der Waals surface area contributed by atoms with Gasteiger partial charge in [0.25, 0.3) is 5.82 Å². The average Bonchev–Trinajstić information content (AvgIpc) is 2.84. The number of hydrogen-bond donors (Lipinski definition) is 0. The molecule has 1 aromatic heterocycles. The molecule has 148 valence electrons. The van der Waals surface area contributed by atoms with Crippen molar-refractivity contribution in [1.82, 2.24) is 4.57 Å². The van der Waals surface area contributed by atoms with Crippen molar-refractivity contribution < 1.29 is 39.9 Å². The van der Waals surface area contributed by atoms with E-state index in [1.165, 1.54) is 0 Å². The minimum Gasteiger partial charge on any atom is -1.00 e. The molecule has 0 radical (unpaired) electrons. The van der Waals surface area contributed by atoms with Crippen LogP contribution in [0.3, 0.4) is 0 Å². The number of nitrogens with zero attached hydrogens (tertiary/aromatic N) is 2. The van der Waals surface area contributed by atoms with Gasteiger partial charge in [0, 0.05) is 12.0 Å². The summed E-state index contributed by atoms with van der Waals surface area (Å²) >= 11 is 0. The minimum absolute atomic E-state index is 0. The lowest BCUT2D eigenvalue weighted by atomic mass is 10.1. The number of benzene rings is 2. The van der Waals surface area contributed by atoms with Crippen LogP contribution >= 0.6 is 0 Å². The molecule has 3 aromatic rings. The number of halogens is 3. The van der Waals surface area contributed by atoms with Crippen LogP contribution in [0.25, 0.3) is 11.0 Å². The number of Topliss-reactive ketones (excluding diaryl/α,β-unsaturated/α-hetero) is 1. The lowest BCUT2D eigenvalue weighted by molar-refractivity contribution is -0.679. The summed E-state index contributed by atoms with van der Waals surface area (Å²) in [5, 5.41) is 0. The van der Waals surface area contributed by atoms with Crippen molar-refractivity contribution in [3.05, 3.63) is 59.4 Å². The molecule has 0 amide bonds. The summed E-state index contributed by atoms with van der Waals surface area (Å²) in [6.07, 6.45) is 3.66. The third-order valence-corrected chi connectivity index (χ3v) is 5.23. The molecule has 7 heteroatoms. The monoisotopic (exact) mass is 450 g/mol. The zero-order chi connectivity index (χ0) is 19.0. The van der Waals surface area contributed by atoms with Crippen LogP contribution in [-0.4, -0.2) is 17.5 Å². The molecule has 28 heavy (non-hydrogen) atoms. The largest absolute Gasteiger partial charge is 1.00 e. The third-order valence-electron chi connectivity index (χ3n) is 5.23. The molecular formula is C21H21BrF2N2O2. The quantitative estimate of drug-likeness (QED) is 0.435. The smallest absolute Gasteiger partial charge is 0.257 e. The summed E-state index contributed by atoms with van der Waals surface area (Å²) in [6, 6.07) is 9.62. The van der Waals surface area contributed by atoms with E-state index in [4.69, 9.17) is 4.74 Å². The molecule has 0 saturated carbocycles. The topological polar surface area (TPSA) is 35.1 Å². The van der Waals surface area contributed by atoms with Crippen molar-refractivity contribution in [3.8, 4) is 5.75 Å². The van der Waals surface area contributed by atoms with E-state index in [-0.39, 0.29) is 34.8 Å². The molecule has 0 spiro atoms. The van der Waals surface area contributed by atoms with Crippen molar-refractivity contribution in [2.24, 2.45) is 0 Å². The van der Waals surface area contributed by atoms with Crippen molar-refractivity contribution in [3.63, 3.8) is 0 Å². The predicted molar refractivity (Wildman–Crippen MR) is 96.9 cm³/mol. The van der Waals surface area contributed by atoms with Crippen LogP contribution in [0.15, 0.2) is 36.4 Å². The molecule has 0 N–H and O–H groups in total. The van der Waals surface area contributed by atoms with Crippen LogP contribution in [-0.2, 0) is 19.5 Å². The number of rotatable bonds is 4. The van der Waals surface area contributed by atoms with Crippen molar-refractivity contribution in [1.29, 1.82) is 0 Å². The van der Waals surface area contributed by atoms with Crippen molar-refractivity contribution in [2.45, 2.75) is 38.8 Å². The Hall–Kier alpha value is -2.28. The standard InChI is InChI=1S/C21H21F2N2O2.BrH/c1-27-15-8-6-14(7-9-15)18(26)13-25-17-11-10-16(22)20(23)21(17)24-12-4-2-3-5-19(24)25;/h6-11H,2-5,12-13H2,1H3;1H/q+1;/p-1. The molecule has 2 aromatic carbocycles. The van der Waals surface area contributed by atoms with Crippen molar-refractivity contribution >= 4 is 16.8 Å². The summed E-state index contributed by atoms with van der Waals surface area (Å²) in [6.45, 7) is 0.728.